The van der Waals surface area contributed by atoms with Crippen LogP contribution in [-0.2, 0) is 24.3 Å². The summed E-state index contributed by atoms with van der Waals surface area (Å²) >= 11 is 1.77. The number of aryl methyl sites for hydroxylation is 1. The predicted molar refractivity (Wildman–Crippen MR) is 86.2 cm³/mol. The fourth-order valence-corrected chi connectivity index (χ4v) is 3.98. The molecule has 0 saturated heterocycles. The molecule has 1 aliphatic carbocycles. The van der Waals surface area contributed by atoms with E-state index in [0.29, 0.717) is 13.1 Å². The van der Waals surface area contributed by atoms with Crippen molar-refractivity contribution in [3.8, 4) is 0 Å². The maximum absolute atomic E-state index is 12.5. The number of amides is 1. The van der Waals surface area contributed by atoms with Gasteiger partial charge in [0.1, 0.15) is 0 Å². The van der Waals surface area contributed by atoms with Crippen LogP contribution in [0.25, 0.3) is 0 Å². The lowest BCUT2D eigenvalue weighted by atomic mass is 9.87. The number of thiophene rings is 1. The molecule has 2 aromatic rings. The minimum atomic E-state index is 0.0186. The Morgan fingerprint density at radius 3 is 2.90 bits per heavy atom. The second-order valence-electron chi connectivity index (χ2n) is 5.43. The maximum atomic E-state index is 12.5. The van der Waals surface area contributed by atoms with E-state index in [0.717, 1.165) is 30.4 Å². The van der Waals surface area contributed by atoms with E-state index in [1.54, 1.807) is 11.3 Å². The van der Waals surface area contributed by atoms with Crippen molar-refractivity contribution in [2.45, 2.75) is 38.3 Å². The van der Waals surface area contributed by atoms with Gasteiger partial charge in [0, 0.05) is 18.0 Å². The van der Waals surface area contributed by atoms with Crippen LogP contribution in [0.3, 0.4) is 0 Å². The van der Waals surface area contributed by atoms with Crippen LogP contribution in [0.5, 0.6) is 0 Å². The minimum Gasteiger partial charge on any atom is -0.351 e. The third-order valence-electron chi connectivity index (χ3n) is 4.16. The van der Waals surface area contributed by atoms with Crippen molar-refractivity contribution in [2.24, 2.45) is 5.73 Å². The Kier molecular flexibility index (Phi) is 4.36. The zero-order valence-corrected chi connectivity index (χ0v) is 12.8. The summed E-state index contributed by atoms with van der Waals surface area (Å²) < 4.78 is 0. The first-order valence-electron chi connectivity index (χ1n) is 7.40. The van der Waals surface area contributed by atoms with Crippen molar-refractivity contribution < 1.29 is 4.79 Å². The summed E-state index contributed by atoms with van der Waals surface area (Å²) in [6.07, 6.45) is 3.17. The number of carbonyl (C=O) groups excluding carboxylic acids is 1. The van der Waals surface area contributed by atoms with Gasteiger partial charge in [-0.2, -0.15) is 0 Å². The zero-order valence-electron chi connectivity index (χ0n) is 12.0. The Balaban J connectivity index is 1.68. The summed E-state index contributed by atoms with van der Waals surface area (Å²) in [5, 5.41) is 5.18. The van der Waals surface area contributed by atoms with E-state index >= 15 is 0 Å². The number of hydrogen-bond acceptors (Lipinski definition) is 3. The van der Waals surface area contributed by atoms with Crippen molar-refractivity contribution >= 4 is 17.2 Å². The molecule has 1 aromatic carbocycles. The Morgan fingerprint density at radius 1 is 1.29 bits per heavy atom. The second kappa shape index (κ2) is 6.41. The zero-order chi connectivity index (χ0) is 14.7. The molecule has 0 radical (unpaired) electrons. The Hall–Kier alpha value is -1.65. The lowest BCUT2D eigenvalue weighted by Crippen LogP contribution is -2.30. The van der Waals surface area contributed by atoms with Gasteiger partial charge in [0.15, 0.2) is 0 Å². The summed E-state index contributed by atoms with van der Waals surface area (Å²) in [5.41, 5.74) is 9.17. The maximum Gasteiger partial charge on any atom is 0.227 e. The molecular formula is C17H20N2OS. The molecule has 0 aliphatic heterocycles. The van der Waals surface area contributed by atoms with Crippen molar-refractivity contribution in [1.82, 2.24) is 5.32 Å². The number of nitrogens with two attached hydrogens (primary N) is 1. The van der Waals surface area contributed by atoms with Crippen molar-refractivity contribution in [1.29, 1.82) is 0 Å². The van der Waals surface area contributed by atoms with Crippen LogP contribution in [0.2, 0.25) is 0 Å². The molecule has 1 atom stereocenters. The van der Waals surface area contributed by atoms with Crippen LogP contribution < -0.4 is 11.1 Å². The van der Waals surface area contributed by atoms with Gasteiger partial charge in [-0.1, -0.05) is 24.3 Å². The van der Waals surface area contributed by atoms with E-state index in [2.05, 4.69) is 16.8 Å². The number of benzene rings is 1. The molecule has 1 aliphatic rings. The molecule has 3 rings (SSSR count). The first-order valence-corrected chi connectivity index (χ1v) is 8.28. The quantitative estimate of drug-likeness (QED) is 0.912. The van der Waals surface area contributed by atoms with Gasteiger partial charge < -0.3 is 11.1 Å². The smallest absolute Gasteiger partial charge is 0.227 e. The molecule has 0 bridgehead atoms. The molecular weight excluding hydrogens is 280 g/mol. The van der Waals surface area contributed by atoms with Gasteiger partial charge in [-0.25, -0.2) is 0 Å². The predicted octanol–water partition coefficient (Wildman–Crippen LogP) is 2.94. The molecule has 1 aromatic heterocycles. The first kappa shape index (κ1) is 14.3. The monoisotopic (exact) mass is 300 g/mol. The molecule has 0 fully saturated rings. The number of carbonyl (C=O) groups is 1. The van der Waals surface area contributed by atoms with Crippen LogP contribution in [-0.4, -0.2) is 5.91 Å². The molecule has 21 heavy (non-hydrogen) atoms. The summed E-state index contributed by atoms with van der Waals surface area (Å²) in [4.78, 5) is 13.9. The van der Waals surface area contributed by atoms with E-state index in [-0.39, 0.29) is 11.8 Å². The van der Waals surface area contributed by atoms with E-state index in [9.17, 15) is 4.79 Å². The van der Waals surface area contributed by atoms with E-state index in [1.165, 1.54) is 10.4 Å². The number of nitrogens with one attached hydrogen (secondary N) is 1. The topological polar surface area (TPSA) is 55.1 Å². The molecule has 4 heteroatoms. The molecule has 0 spiro atoms. The van der Waals surface area contributed by atoms with E-state index < -0.39 is 0 Å². The molecule has 1 heterocycles. The molecule has 3 N–H and O–H groups in total. The van der Waals surface area contributed by atoms with E-state index in [1.807, 2.05) is 24.3 Å². The van der Waals surface area contributed by atoms with Crippen LogP contribution >= 0.6 is 11.3 Å². The number of rotatable bonds is 4. The Morgan fingerprint density at radius 2 is 2.10 bits per heavy atom. The summed E-state index contributed by atoms with van der Waals surface area (Å²) in [7, 11) is 0. The van der Waals surface area contributed by atoms with Crippen molar-refractivity contribution in [3.05, 3.63) is 57.3 Å². The van der Waals surface area contributed by atoms with Gasteiger partial charge in [-0.15, -0.1) is 11.3 Å². The highest BCUT2D eigenvalue weighted by atomic mass is 32.1. The first-order chi connectivity index (χ1) is 10.3. The fourth-order valence-electron chi connectivity index (χ4n) is 2.99. The highest BCUT2D eigenvalue weighted by Crippen LogP contribution is 2.35. The van der Waals surface area contributed by atoms with Gasteiger partial charge in [0.05, 0.1) is 5.92 Å². The van der Waals surface area contributed by atoms with Crippen LogP contribution in [0.15, 0.2) is 35.7 Å². The van der Waals surface area contributed by atoms with Crippen LogP contribution in [0.1, 0.15) is 40.3 Å². The SMILES string of the molecule is NCc1ccccc1CNC(=O)C1CCCc2sccc21. The highest BCUT2D eigenvalue weighted by Gasteiger charge is 2.27. The third kappa shape index (κ3) is 3.01. The van der Waals surface area contributed by atoms with E-state index in [4.69, 9.17) is 5.73 Å². The lowest BCUT2D eigenvalue weighted by Gasteiger charge is -2.22. The average Bonchev–Trinajstić information content (AvgIpc) is 3.01. The van der Waals surface area contributed by atoms with Crippen LogP contribution in [0, 0.1) is 0 Å². The molecule has 1 amide bonds. The van der Waals surface area contributed by atoms with Gasteiger partial charge in [0.25, 0.3) is 0 Å². The number of fused-ring (bicyclic) bond motifs is 1. The summed E-state index contributed by atoms with van der Waals surface area (Å²) in [6, 6.07) is 10.1. The normalized spacial score (nSPS) is 17.3. The lowest BCUT2D eigenvalue weighted by molar-refractivity contribution is -0.123. The van der Waals surface area contributed by atoms with Gasteiger partial charge in [-0.05, 0) is 47.4 Å². The minimum absolute atomic E-state index is 0.0186. The molecule has 1 unspecified atom stereocenters. The van der Waals surface area contributed by atoms with Gasteiger partial charge in [0.2, 0.25) is 5.91 Å². The molecule has 110 valence electrons. The largest absolute Gasteiger partial charge is 0.351 e. The summed E-state index contributed by atoms with van der Waals surface area (Å²) in [5.74, 6) is 0.159. The Bertz CT molecular complexity index is 635. The third-order valence-corrected chi connectivity index (χ3v) is 5.16. The van der Waals surface area contributed by atoms with Crippen molar-refractivity contribution in [3.63, 3.8) is 0 Å². The fraction of sp³-hybridized carbons (Fsp3) is 0.353. The Labute approximate surface area is 129 Å². The summed E-state index contributed by atoms with van der Waals surface area (Å²) in [6.45, 7) is 1.06. The molecule has 0 saturated carbocycles. The highest BCUT2D eigenvalue weighted by molar-refractivity contribution is 7.10. The molecule has 3 nitrogen and oxygen atoms in total. The second-order valence-corrected chi connectivity index (χ2v) is 6.44. The van der Waals surface area contributed by atoms with Gasteiger partial charge in [-0.3, -0.25) is 4.79 Å². The number of hydrogen-bond donors (Lipinski definition) is 2. The van der Waals surface area contributed by atoms with Crippen LogP contribution in [0.4, 0.5) is 0 Å². The van der Waals surface area contributed by atoms with Crippen molar-refractivity contribution in [2.75, 3.05) is 0 Å². The average molecular weight is 300 g/mol. The standard InChI is InChI=1S/C17H20N2OS/c18-10-12-4-1-2-5-13(12)11-19-17(20)15-6-3-7-16-14(15)8-9-21-16/h1-2,4-5,8-9,15H,3,6-7,10-11,18H2,(H,19,20). The van der Waals surface area contributed by atoms with Gasteiger partial charge >= 0.3 is 0 Å².